The Bertz CT molecular complexity index is 1320. The van der Waals surface area contributed by atoms with Crippen LogP contribution in [0.4, 0.5) is 0 Å². The summed E-state index contributed by atoms with van der Waals surface area (Å²) in [4.78, 5) is 26.2. The van der Waals surface area contributed by atoms with Gasteiger partial charge in [-0.05, 0) is 23.3 Å². The lowest BCUT2D eigenvalue weighted by molar-refractivity contribution is -0.206. The highest BCUT2D eigenvalue weighted by molar-refractivity contribution is 6.06. The van der Waals surface area contributed by atoms with Crippen LogP contribution in [0.15, 0.2) is 42.0 Å². The fourth-order valence-corrected chi connectivity index (χ4v) is 6.16. The molecular formula is C25H22O10. The minimum absolute atomic E-state index is 0.0452. The third-order valence-electron chi connectivity index (χ3n) is 7.62. The lowest BCUT2D eigenvalue weighted by atomic mass is 9.55. The molecule has 10 nitrogen and oxygen atoms in total. The molecule has 10 heteroatoms. The van der Waals surface area contributed by atoms with Crippen LogP contribution in [0.1, 0.15) is 21.8 Å². The van der Waals surface area contributed by atoms with Crippen molar-refractivity contribution in [1.29, 1.82) is 0 Å². The van der Waals surface area contributed by atoms with E-state index in [4.69, 9.17) is 14.2 Å². The number of allylic oxidation sites excluding steroid dienone is 1. The molecule has 7 rings (SSSR count). The van der Waals surface area contributed by atoms with Gasteiger partial charge in [-0.1, -0.05) is 12.1 Å². The maximum absolute atomic E-state index is 13.3. The van der Waals surface area contributed by atoms with Crippen LogP contribution >= 0.6 is 0 Å². The summed E-state index contributed by atoms with van der Waals surface area (Å²) in [5.41, 5.74) is 0.796. The van der Waals surface area contributed by atoms with E-state index in [2.05, 4.69) is 0 Å². The maximum Gasteiger partial charge on any atom is 0.234 e. The molecule has 5 N–H and O–H groups in total. The summed E-state index contributed by atoms with van der Waals surface area (Å²) in [5, 5.41) is 52.0. The van der Waals surface area contributed by atoms with Crippen molar-refractivity contribution in [3.05, 3.63) is 53.1 Å². The van der Waals surface area contributed by atoms with Crippen LogP contribution in [0, 0.1) is 17.8 Å². The maximum atomic E-state index is 13.3. The average Bonchev–Trinajstić information content (AvgIpc) is 3.14. The Morgan fingerprint density at radius 1 is 1.09 bits per heavy atom. The van der Waals surface area contributed by atoms with Gasteiger partial charge < -0.3 is 39.7 Å². The SMILES string of the molecule is COc1cc([C@H]2[C@H]3CO[C@@]4(O)C(=O)[C@H]2C=C([C@H]2Oc5cc(O)cc(O)c5C(=O)[C@@H]2O)[C@@H]34)ccc1O. The molecule has 2 aromatic carbocycles. The number of fused-ring (bicyclic) bond motifs is 1. The number of ketones is 2. The van der Waals surface area contributed by atoms with E-state index in [9.17, 15) is 35.1 Å². The Balaban J connectivity index is 1.46. The van der Waals surface area contributed by atoms with Crippen LogP contribution in [0.5, 0.6) is 28.7 Å². The molecule has 5 aliphatic rings. The number of aromatic hydroxyl groups is 3. The number of benzene rings is 2. The number of phenolic OH excluding ortho intramolecular Hbond substituents is 3. The number of methoxy groups -OCH3 is 1. The minimum Gasteiger partial charge on any atom is -0.508 e. The number of carbonyl (C=O) groups is 2. The number of aliphatic hydroxyl groups excluding tert-OH is 1. The van der Waals surface area contributed by atoms with Crippen molar-refractivity contribution in [1.82, 2.24) is 0 Å². The lowest BCUT2D eigenvalue weighted by Crippen LogP contribution is -2.60. The number of aliphatic hydroxyl groups is 2. The normalized spacial score (nSPS) is 34.9. The predicted molar refractivity (Wildman–Crippen MR) is 116 cm³/mol. The lowest BCUT2D eigenvalue weighted by Gasteiger charge is -2.50. The van der Waals surface area contributed by atoms with Crippen molar-refractivity contribution in [3.63, 3.8) is 0 Å². The molecule has 35 heavy (non-hydrogen) atoms. The van der Waals surface area contributed by atoms with E-state index in [1.165, 1.54) is 13.2 Å². The van der Waals surface area contributed by atoms with Crippen molar-refractivity contribution >= 4 is 11.6 Å². The fraction of sp³-hybridized carbons (Fsp3) is 0.360. The molecule has 2 heterocycles. The van der Waals surface area contributed by atoms with Crippen LogP contribution in [0.25, 0.3) is 0 Å². The summed E-state index contributed by atoms with van der Waals surface area (Å²) in [6.45, 7) is 0.0452. The van der Waals surface area contributed by atoms with E-state index >= 15 is 0 Å². The van der Waals surface area contributed by atoms with Gasteiger partial charge in [-0.25, -0.2) is 0 Å². The van der Waals surface area contributed by atoms with Gasteiger partial charge in [0.1, 0.15) is 22.8 Å². The summed E-state index contributed by atoms with van der Waals surface area (Å²) in [6, 6.07) is 6.91. The van der Waals surface area contributed by atoms with Crippen molar-refractivity contribution in [3.8, 4) is 28.7 Å². The van der Waals surface area contributed by atoms with Crippen molar-refractivity contribution < 1.29 is 49.3 Å². The highest BCUT2D eigenvalue weighted by Gasteiger charge is 2.69. The van der Waals surface area contributed by atoms with E-state index in [1.54, 1.807) is 18.2 Å². The third-order valence-corrected chi connectivity index (χ3v) is 7.62. The third kappa shape index (κ3) is 2.81. The van der Waals surface area contributed by atoms with Crippen molar-refractivity contribution in [2.24, 2.45) is 17.8 Å². The van der Waals surface area contributed by atoms with Gasteiger partial charge in [0.05, 0.1) is 19.6 Å². The summed E-state index contributed by atoms with van der Waals surface area (Å²) >= 11 is 0. The highest BCUT2D eigenvalue weighted by atomic mass is 16.6. The van der Waals surface area contributed by atoms with Crippen LogP contribution in [-0.2, 0) is 9.53 Å². The van der Waals surface area contributed by atoms with Crippen molar-refractivity contribution in [2.45, 2.75) is 23.9 Å². The van der Waals surface area contributed by atoms with Gasteiger partial charge in [0.25, 0.3) is 0 Å². The number of phenols is 3. The first-order valence-corrected chi connectivity index (χ1v) is 11.1. The summed E-state index contributed by atoms with van der Waals surface area (Å²) in [5.74, 6) is -6.84. The molecule has 0 unspecified atom stereocenters. The van der Waals surface area contributed by atoms with E-state index in [0.717, 1.165) is 12.1 Å². The second kappa shape index (κ2) is 7.20. The number of hydrogen-bond donors (Lipinski definition) is 5. The van der Waals surface area contributed by atoms with Crippen LogP contribution in [0.3, 0.4) is 0 Å². The zero-order chi connectivity index (χ0) is 24.8. The van der Waals surface area contributed by atoms with E-state index in [-0.39, 0.29) is 35.2 Å². The molecule has 3 aliphatic carbocycles. The van der Waals surface area contributed by atoms with Crippen molar-refractivity contribution in [2.75, 3.05) is 13.7 Å². The van der Waals surface area contributed by atoms with Gasteiger partial charge in [0.15, 0.2) is 29.5 Å². The quantitative estimate of drug-likeness (QED) is 0.399. The smallest absolute Gasteiger partial charge is 0.234 e. The Labute approximate surface area is 198 Å². The van der Waals surface area contributed by atoms with Crippen LogP contribution in [0.2, 0.25) is 0 Å². The molecule has 0 radical (unpaired) electrons. The molecule has 1 saturated carbocycles. The standard InChI is InChI=1S/C25H22O10/c1-33-16-4-9(2-3-14(16)27)18-11-7-12(20-13(18)8-34-25(20,32)24(11)31)23-22(30)21(29)19-15(28)5-10(26)6-17(19)35-23/h2-7,11,13,18,20,22-23,26-28,30,32H,8H2,1H3/t11-,13+,18+,20-,22-,23+,25+/m0/s1. The zero-order valence-electron chi connectivity index (χ0n) is 18.4. The van der Waals surface area contributed by atoms with Gasteiger partial charge in [-0.2, -0.15) is 0 Å². The molecule has 1 saturated heterocycles. The largest absolute Gasteiger partial charge is 0.508 e. The topological polar surface area (TPSA) is 163 Å². The van der Waals surface area contributed by atoms with Crippen LogP contribution < -0.4 is 9.47 Å². The van der Waals surface area contributed by atoms with Gasteiger partial charge in [0, 0.05) is 29.9 Å². The number of Topliss-reactive ketones (excluding diaryl/α,β-unsaturated/α-hetero) is 2. The Morgan fingerprint density at radius 3 is 2.60 bits per heavy atom. The average molecular weight is 482 g/mol. The first-order chi connectivity index (χ1) is 16.7. The second-order valence-corrected chi connectivity index (χ2v) is 9.35. The van der Waals surface area contributed by atoms with Gasteiger partial charge in [-0.15, -0.1) is 0 Å². The van der Waals surface area contributed by atoms with Crippen LogP contribution in [-0.4, -0.2) is 68.8 Å². The Hall–Kier alpha value is -3.60. The highest BCUT2D eigenvalue weighted by Crippen LogP contribution is 2.61. The van der Waals surface area contributed by atoms with Gasteiger partial charge in [-0.3, -0.25) is 9.59 Å². The number of rotatable bonds is 3. The molecule has 7 atom stereocenters. The first kappa shape index (κ1) is 21.9. The summed E-state index contributed by atoms with van der Waals surface area (Å²) in [6.07, 6.45) is -1.37. The molecule has 0 aromatic heterocycles. The molecule has 2 aliphatic heterocycles. The summed E-state index contributed by atoms with van der Waals surface area (Å²) < 4.78 is 16.7. The molecule has 0 amide bonds. The van der Waals surface area contributed by atoms with E-state index in [1.807, 2.05) is 0 Å². The molecular weight excluding hydrogens is 460 g/mol. The van der Waals surface area contributed by atoms with E-state index < -0.39 is 59.0 Å². The Morgan fingerprint density at radius 2 is 1.86 bits per heavy atom. The van der Waals surface area contributed by atoms with Gasteiger partial charge >= 0.3 is 0 Å². The fourth-order valence-electron chi connectivity index (χ4n) is 6.16. The number of ether oxygens (including phenoxy) is 3. The molecule has 0 spiro atoms. The molecule has 4 bridgehead atoms. The molecule has 2 fully saturated rings. The summed E-state index contributed by atoms with van der Waals surface area (Å²) in [7, 11) is 1.42. The second-order valence-electron chi connectivity index (χ2n) is 9.35. The zero-order valence-corrected chi connectivity index (χ0v) is 18.4. The number of carbonyl (C=O) groups excluding carboxylic acids is 2. The minimum atomic E-state index is -2.13. The van der Waals surface area contributed by atoms with E-state index in [0.29, 0.717) is 11.1 Å². The Kier molecular flexibility index (Phi) is 4.51. The first-order valence-electron chi connectivity index (χ1n) is 11.1. The van der Waals surface area contributed by atoms with Gasteiger partial charge in [0.2, 0.25) is 11.6 Å². The monoisotopic (exact) mass is 482 g/mol. The number of hydrogen-bond acceptors (Lipinski definition) is 10. The predicted octanol–water partition coefficient (Wildman–Crippen LogP) is 0.990. The molecule has 182 valence electrons. The molecule has 2 aromatic rings.